The normalized spacial score (nSPS) is 11.5. The fraction of sp³-hybridized carbons (Fsp3) is 0.206. The van der Waals surface area contributed by atoms with Crippen LogP contribution in [-0.4, -0.2) is 22.5 Å². The molecule has 42 heavy (non-hydrogen) atoms. The molecule has 0 bridgehead atoms. The molecule has 0 aliphatic carbocycles. The van der Waals surface area contributed by atoms with E-state index < -0.39 is 0 Å². The Labute approximate surface area is 258 Å². The Morgan fingerprint density at radius 3 is 2.48 bits per heavy atom. The van der Waals surface area contributed by atoms with Crippen LogP contribution in [0.15, 0.2) is 93.2 Å². The van der Waals surface area contributed by atoms with Gasteiger partial charge >= 0.3 is 0 Å². The van der Waals surface area contributed by atoms with Gasteiger partial charge in [0.2, 0.25) is 0 Å². The van der Waals surface area contributed by atoms with E-state index in [-0.39, 0.29) is 11.5 Å². The molecule has 6 nitrogen and oxygen atoms in total. The van der Waals surface area contributed by atoms with Gasteiger partial charge in [0.25, 0.3) is 5.56 Å². The van der Waals surface area contributed by atoms with Crippen molar-refractivity contribution >= 4 is 44.6 Å². The van der Waals surface area contributed by atoms with Gasteiger partial charge < -0.3 is 9.47 Å². The number of aromatic nitrogens is 2. The van der Waals surface area contributed by atoms with Gasteiger partial charge in [-0.1, -0.05) is 67.9 Å². The molecule has 0 spiro atoms. The number of hydrogen-bond donors (Lipinski definition) is 0. The molecule has 0 amide bonds. The van der Waals surface area contributed by atoms with E-state index >= 15 is 0 Å². The number of nitrogens with zero attached hydrogens (tertiary/aromatic N) is 3. The fourth-order valence-electron chi connectivity index (χ4n) is 4.72. The molecule has 8 heteroatoms. The van der Waals surface area contributed by atoms with Crippen LogP contribution in [0, 0.1) is 6.92 Å². The van der Waals surface area contributed by atoms with Crippen LogP contribution in [0.5, 0.6) is 11.5 Å². The van der Waals surface area contributed by atoms with Crippen molar-refractivity contribution in [2.24, 2.45) is 5.10 Å². The van der Waals surface area contributed by atoms with E-state index in [1.54, 1.807) is 18.3 Å². The number of para-hydroxylation sites is 1. The van der Waals surface area contributed by atoms with Gasteiger partial charge in [-0.05, 0) is 94.3 Å². The standard InChI is InChI=1S/C34H31BrClN3O3/c1-5-41-31-15-22(4)27(18-26(31)21(2)3)33-38-30-14-10-9-13-25(30)34(40)39(33)37-19-24-16-28(35)32(29(36)17-24)42-20-23-11-7-6-8-12-23/h6-19,21H,5,20H2,1-4H3. The monoisotopic (exact) mass is 643 g/mol. The first-order valence-electron chi connectivity index (χ1n) is 13.8. The summed E-state index contributed by atoms with van der Waals surface area (Å²) in [5.41, 5.74) is 4.85. The van der Waals surface area contributed by atoms with Gasteiger partial charge in [-0.3, -0.25) is 4.79 Å². The van der Waals surface area contributed by atoms with Crippen molar-refractivity contribution in [1.82, 2.24) is 9.66 Å². The maximum atomic E-state index is 13.8. The van der Waals surface area contributed by atoms with Crippen molar-refractivity contribution in [2.45, 2.75) is 40.2 Å². The summed E-state index contributed by atoms with van der Waals surface area (Å²) >= 11 is 10.2. The highest BCUT2D eigenvalue weighted by atomic mass is 79.9. The number of halogens is 2. The summed E-state index contributed by atoms with van der Waals surface area (Å²) in [6.45, 7) is 9.14. The lowest BCUT2D eigenvalue weighted by atomic mass is 9.96. The molecule has 5 rings (SSSR count). The summed E-state index contributed by atoms with van der Waals surface area (Å²) in [5.74, 6) is 2.03. The number of rotatable bonds is 9. The lowest BCUT2D eigenvalue weighted by molar-refractivity contribution is 0.304. The van der Waals surface area contributed by atoms with Gasteiger partial charge in [0.1, 0.15) is 12.4 Å². The lowest BCUT2D eigenvalue weighted by Crippen LogP contribution is -2.21. The van der Waals surface area contributed by atoms with Crippen molar-refractivity contribution < 1.29 is 9.47 Å². The first-order chi connectivity index (χ1) is 20.3. The van der Waals surface area contributed by atoms with E-state index in [0.717, 1.165) is 28.0 Å². The molecule has 1 aromatic heterocycles. The zero-order chi connectivity index (χ0) is 29.8. The number of fused-ring (bicyclic) bond motifs is 1. The van der Waals surface area contributed by atoms with Gasteiger partial charge in [0.05, 0.1) is 33.2 Å². The average Bonchev–Trinajstić information content (AvgIpc) is 2.97. The summed E-state index contributed by atoms with van der Waals surface area (Å²) < 4.78 is 14.0. The molecule has 0 saturated carbocycles. The highest BCUT2D eigenvalue weighted by Crippen LogP contribution is 2.36. The molecule has 0 unspecified atom stereocenters. The Morgan fingerprint density at radius 2 is 1.76 bits per heavy atom. The zero-order valence-electron chi connectivity index (χ0n) is 23.9. The van der Waals surface area contributed by atoms with Crippen LogP contribution < -0.4 is 15.0 Å². The molecule has 0 fully saturated rings. The second kappa shape index (κ2) is 12.9. The van der Waals surface area contributed by atoms with Crippen molar-refractivity contribution in [3.63, 3.8) is 0 Å². The second-order valence-corrected chi connectivity index (χ2v) is 11.5. The quantitative estimate of drug-likeness (QED) is 0.151. The Kier molecular flexibility index (Phi) is 9.09. The summed E-state index contributed by atoms with van der Waals surface area (Å²) in [6, 6.07) is 24.8. The van der Waals surface area contributed by atoms with Gasteiger partial charge in [0, 0.05) is 5.56 Å². The van der Waals surface area contributed by atoms with Crippen molar-refractivity contribution in [3.8, 4) is 22.9 Å². The van der Waals surface area contributed by atoms with Gasteiger partial charge in [-0.2, -0.15) is 9.78 Å². The Balaban J connectivity index is 1.58. The third kappa shape index (κ3) is 6.27. The predicted molar refractivity (Wildman–Crippen MR) is 174 cm³/mol. The SMILES string of the molecule is CCOc1cc(C)c(-c2nc3ccccc3c(=O)n2N=Cc2cc(Cl)c(OCc3ccccc3)c(Br)c2)cc1C(C)C. The van der Waals surface area contributed by atoms with Crippen LogP contribution in [0.2, 0.25) is 5.02 Å². The third-order valence-electron chi connectivity index (χ3n) is 6.84. The molecule has 0 aliphatic heterocycles. The molecule has 0 saturated heterocycles. The van der Waals surface area contributed by atoms with Crippen LogP contribution >= 0.6 is 27.5 Å². The number of benzene rings is 4. The second-order valence-electron chi connectivity index (χ2n) is 10.2. The zero-order valence-corrected chi connectivity index (χ0v) is 26.2. The summed E-state index contributed by atoms with van der Waals surface area (Å²) in [4.78, 5) is 18.7. The Morgan fingerprint density at radius 1 is 1.02 bits per heavy atom. The highest BCUT2D eigenvalue weighted by Gasteiger charge is 2.19. The summed E-state index contributed by atoms with van der Waals surface area (Å²) in [5, 5.41) is 5.55. The minimum absolute atomic E-state index is 0.206. The summed E-state index contributed by atoms with van der Waals surface area (Å²) in [7, 11) is 0. The lowest BCUT2D eigenvalue weighted by Gasteiger charge is -2.18. The third-order valence-corrected chi connectivity index (χ3v) is 7.71. The maximum absolute atomic E-state index is 13.8. The molecule has 0 atom stereocenters. The van der Waals surface area contributed by atoms with Crippen LogP contribution in [0.1, 0.15) is 48.9 Å². The average molecular weight is 645 g/mol. The first-order valence-corrected chi connectivity index (χ1v) is 14.9. The molecule has 1 heterocycles. The van der Waals surface area contributed by atoms with E-state index in [4.69, 9.17) is 26.1 Å². The number of hydrogen-bond acceptors (Lipinski definition) is 5. The highest BCUT2D eigenvalue weighted by molar-refractivity contribution is 9.10. The van der Waals surface area contributed by atoms with E-state index in [9.17, 15) is 4.79 Å². The largest absolute Gasteiger partial charge is 0.494 e. The topological polar surface area (TPSA) is 65.7 Å². The molecular formula is C34H31BrClN3O3. The molecule has 5 aromatic rings. The van der Waals surface area contributed by atoms with Gasteiger partial charge in [-0.15, -0.1) is 0 Å². The van der Waals surface area contributed by atoms with Crippen LogP contribution in [0.4, 0.5) is 0 Å². The number of aryl methyl sites for hydroxylation is 1. The Bertz CT molecular complexity index is 1810. The minimum atomic E-state index is -0.265. The fourth-order valence-corrected chi connectivity index (χ4v) is 5.71. The van der Waals surface area contributed by atoms with Crippen LogP contribution in [-0.2, 0) is 6.61 Å². The van der Waals surface area contributed by atoms with Crippen LogP contribution in [0.3, 0.4) is 0 Å². The molecule has 0 radical (unpaired) electrons. The van der Waals surface area contributed by atoms with Crippen molar-refractivity contribution in [3.05, 3.63) is 121 Å². The number of ether oxygens (including phenoxy) is 2. The van der Waals surface area contributed by atoms with E-state index in [1.165, 1.54) is 4.68 Å². The van der Waals surface area contributed by atoms with Crippen LogP contribution in [0.25, 0.3) is 22.3 Å². The van der Waals surface area contributed by atoms with E-state index in [2.05, 4.69) is 40.9 Å². The molecule has 214 valence electrons. The minimum Gasteiger partial charge on any atom is -0.494 e. The van der Waals surface area contributed by atoms with Crippen molar-refractivity contribution in [2.75, 3.05) is 6.61 Å². The molecular weight excluding hydrogens is 614 g/mol. The van der Waals surface area contributed by atoms with E-state index in [1.807, 2.05) is 74.5 Å². The molecule has 0 N–H and O–H groups in total. The summed E-state index contributed by atoms with van der Waals surface area (Å²) in [6.07, 6.45) is 1.60. The molecule has 4 aromatic carbocycles. The smallest absolute Gasteiger partial charge is 0.282 e. The Hall–Kier alpha value is -3.94. The van der Waals surface area contributed by atoms with Gasteiger partial charge in [0.15, 0.2) is 11.6 Å². The van der Waals surface area contributed by atoms with Gasteiger partial charge in [-0.25, -0.2) is 4.98 Å². The van der Waals surface area contributed by atoms with E-state index in [0.29, 0.717) is 50.7 Å². The molecule has 0 aliphatic rings. The van der Waals surface area contributed by atoms with Crippen molar-refractivity contribution in [1.29, 1.82) is 0 Å². The first kappa shape index (κ1) is 29.5. The predicted octanol–water partition coefficient (Wildman–Crippen LogP) is 8.77. The maximum Gasteiger partial charge on any atom is 0.282 e.